The van der Waals surface area contributed by atoms with Crippen molar-refractivity contribution in [1.29, 1.82) is 0 Å². The lowest BCUT2D eigenvalue weighted by Gasteiger charge is -2.23. The third-order valence-corrected chi connectivity index (χ3v) is 4.75. The molecule has 2 heterocycles. The van der Waals surface area contributed by atoms with Crippen LogP contribution in [0.4, 0.5) is 15.3 Å². The van der Waals surface area contributed by atoms with E-state index in [4.69, 9.17) is 4.74 Å². The molecule has 0 saturated carbocycles. The van der Waals surface area contributed by atoms with Gasteiger partial charge in [0, 0.05) is 24.0 Å². The lowest BCUT2D eigenvalue weighted by molar-refractivity contribution is 0.0502. The van der Waals surface area contributed by atoms with Crippen molar-refractivity contribution >= 4 is 23.8 Å². The zero-order valence-corrected chi connectivity index (χ0v) is 19.1. The van der Waals surface area contributed by atoms with Crippen LogP contribution >= 0.6 is 0 Å². The Balaban J connectivity index is 2.00. The van der Waals surface area contributed by atoms with E-state index in [0.717, 1.165) is 5.56 Å². The van der Waals surface area contributed by atoms with Crippen LogP contribution in [0.2, 0.25) is 0 Å². The van der Waals surface area contributed by atoms with Crippen LogP contribution in [0.5, 0.6) is 0 Å². The minimum absolute atomic E-state index is 0.287. The Labute approximate surface area is 192 Å². The number of anilines is 1. The summed E-state index contributed by atoms with van der Waals surface area (Å²) in [6, 6.07) is 8.22. The number of alkyl carbamates (subject to hydrolysis) is 1. The summed E-state index contributed by atoms with van der Waals surface area (Å²) in [6.45, 7) is 5.70. The lowest BCUT2D eigenvalue weighted by atomic mass is 9.96. The Morgan fingerprint density at radius 3 is 2.61 bits per heavy atom. The number of amides is 3. The Morgan fingerprint density at radius 1 is 1.09 bits per heavy atom. The molecule has 174 valence electrons. The summed E-state index contributed by atoms with van der Waals surface area (Å²) in [4.78, 5) is 41.3. The smallest absolute Gasteiger partial charge is 0.411 e. The molecule has 0 aliphatic carbocycles. The molecule has 3 amide bonds. The number of hydrogen-bond acceptors (Lipinski definition) is 6. The Hall–Kier alpha value is -3.88. The van der Waals surface area contributed by atoms with Crippen LogP contribution in [0.25, 0.3) is 11.1 Å². The first-order chi connectivity index (χ1) is 15.7. The van der Waals surface area contributed by atoms with Gasteiger partial charge in [-0.2, -0.15) is 0 Å². The molecule has 33 heavy (non-hydrogen) atoms. The first-order valence-corrected chi connectivity index (χ1v) is 10.5. The van der Waals surface area contributed by atoms with E-state index in [1.807, 2.05) is 18.2 Å². The normalized spacial score (nSPS) is 15.8. The molecule has 9 heteroatoms. The monoisotopic (exact) mass is 452 g/mol. The molecule has 1 aromatic carbocycles. The first kappa shape index (κ1) is 23.8. The van der Waals surface area contributed by atoms with Crippen molar-refractivity contribution < 1.29 is 23.9 Å². The fourth-order valence-corrected chi connectivity index (χ4v) is 3.30. The zero-order chi connectivity index (χ0) is 24.0. The fourth-order valence-electron chi connectivity index (χ4n) is 3.30. The maximum absolute atomic E-state index is 12.9. The number of carbonyl (C=O) groups is 3. The highest BCUT2D eigenvalue weighted by molar-refractivity contribution is 6.02. The SMILES string of the molecule is COC(=O)Nc1ccc2c(c1)C(=O)NCC=CC[C@H](NC(=O)OC(C)(C)C)c1cc-2ccn1. The molecule has 2 aromatic rings. The van der Waals surface area contributed by atoms with Crippen LogP contribution in [0.15, 0.2) is 48.7 Å². The van der Waals surface area contributed by atoms with Crippen molar-refractivity contribution in [3.05, 3.63) is 59.9 Å². The summed E-state index contributed by atoms with van der Waals surface area (Å²) in [5.74, 6) is -0.287. The molecule has 1 atom stereocenters. The maximum atomic E-state index is 12.9. The number of rotatable bonds is 2. The Morgan fingerprint density at radius 2 is 1.88 bits per heavy atom. The lowest BCUT2D eigenvalue weighted by Crippen LogP contribution is -2.35. The number of hydrogen-bond donors (Lipinski definition) is 3. The Kier molecular flexibility index (Phi) is 7.32. The summed E-state index contributed by atoms with van der Waals surface area (Å²) in [5, 5.41) is 8.30. The van der Waals surface area contributed by atoms with Crippen LogP contribution in [0.1, 0.15) is 49.3 Å². The quantitative estimate of drug-likeness (QED) is 0.588. The summed E-state index contributed by atoms with van der Waals surface area (Å²) in [6.07, 6.45) is 4.62. The van der Waals surface area contributed by atoms with Crippen LogP contribution in [-0.2, 0) is 9.47 Å². The van der Waals surface area contributed by atoms with Crippen LogP contribution in [0.3, 0.4) is 0 Å². The van der Waals surface area contributed by atoms with E-state index in [1.165, 1.54) is 7.11 Å². The molecule has 3 rings (SSSR count). The average molecular weight is 453 g/mol. The van der Waals surface area contributed by atoms with Gasteiger partial charge >= 0.3 is 12.2 Å². The van der Waals surface area contributed by atoms with Crippen molar-refractivity contribution in [2.75, 3.05) is 19.0 Å². The van der Waals surface area contributed by atoms with Gasteiger partial charge in [0.25, 0.3) is 5.91 Å². The second-order valence-corrected chi connectivity index (χ2v) is 8.46. The second-order valence-electron chi connectivity index (χ2n) is 8.46. The molecule has 2 bridgehead atoms. The molecule has 0 radical (unpaired) electrons. The molecule has 1 aliphatic heterocycles. The molecular weight excluding hydrogens is 424 g/mol. The predicted molar refractivity (Wildman–Crippen MR) is 124 cm³/mol. The molecule has 3 N–H and O–H groups in total. The number of fused-ring (bicyclic) bond motifs is 4. The van der Waals surface area contributed by atoms with E-state index in [9.17, 15) is 14.4 Å². The molecule has 0 saturated heterocycles. The molecule has 1 aromatic heterocycles. The minimum Gasteiger partial charge on any atom is -0.453 e. The standard InChI is InChI=1S/C24H28N4O5/c1-24(2,3)33-23(31)28-19-7-5-6-11-26-21(29)18-14-16(27-22(30)32-4)8-9-17(18)15-10-12-25-20(19)13-15/h5-6,8-10,12-14,19H,7,11H2,1-4H3,(H,26,29)(H,27,30)(H,28,31)/t19-/m0/s1. The van der Waals surface area contributed by atoms with E-state index in [-0.39, 0.29) is 5.91 Å². The number of aromatic nitrogens is 1. The van der Waals surface area contributed by atoms with Crippen LogP contribution in [0, 0.1) is 0 Å². The first-order valence-electron chi connectivity index (χ1n) is 10.5. The number of pyridine rings is 1. The van der Waals surface area contributed by atoms with Crippen LogP contribution < -0.4 is 16.0 Å². The van der Waals surface area contributed by atoms with E-state index >= 15 is 0 Å². The third kappa shape index (κ3) is 6.55. The highest BCUT2D eigenvalue weighted by Gasteiger charge is 2.22. The largest absolute Gasteiger partial charge is 0.453 e. The van der Waals surface area contributed by atoms with Gasteiger partial charge in [-0.3, -0.25) is 15.1 Å². The summed E-state index contributed by atoms with van der Waals surface area (Å²) in [5.41, 5.74) is 2.22. The molecule has 1 aliphatic rings. The number of nitrogens with one attached hydrogen (secondary N) is 3. The van der Waals surface area contributed by atoms with E-state index < -0.39 is 23.8 Å². The summed E-state index contributed by atoms with van der Waals surface area (Å²) < 4.78 is 10.0. The molecule has 9 nitrogen and oxygen atoms in total. The summed E-state index contributed by atoms with van der Waals surface area (Å²) in [7, 11) is 1.27. The van der Waals surface area contributed by atoms with Crippen molar-refractivity contribution in [3.63, 3.8) is 0 Å². The van der Waals surface area contributed by atoms with E-state index in [2.05, 4.69) is 25.7 Å². The average Bonchev–Trinajstić information content (AvgIpc) is 2.76. The Bertz CT molecular complexity index is 1070. The van der Waals surface area contributed by atoms with Gasteiger partial charge in [0.1, 0.15) is 5.60 Å². The van der Waals surface area contributed by atoms with Crippen LogP contribution in [-0.4, -0.2) is 42.3 Å². The zero-order valence-electron chi connectivity index (χ0n) is 19.1. The highest BCUT2D eigenvalue weighted by Crippen LogP contribution is 2.29. The van der Waals surface area contributed by atoms with Crippen molar-refractivity contribution in [2.24, 2.45) is 0 Å². The van der Waals surface area contributed by atoms with Gasteiger partial charge in [-0.1, -0.05) is 18.2 Å². The van der Waals surface area contributed by atoms with Crippen molar-refractivity contribution in [3.8, 4) is 11.1 Å². The van der Waals surface area contributed by atoms with Crippen molar-refractivity contribution in [1.82, 2.24) is 15.6 Å². The maximum Gasteiger partial charge on any atom is 0.411 e. The molecule has 0 fully saturated rings. The number of carbonyl (C=O) groups excluding carboxylic acids is 3. The van der Waals surface area contributed by atoms with Gasteiger partial charge in [-0.25, -0.2) is 9.59 Å². The minimum atomic E-state index is -0.631. The van der Waals surface area contributed by atoms with E-state index in [1.54, 1.807) is 51.2 Å². The number of nitrogens with zero attached hydrogens (tertiary/aromatic N) is 1. The molecular formula is C24H28N4O5. The number of ether oxygens (including phenoxy) is 2. The molecule has 0 spiro atoms. The van der Waals surface area contributed by atoms with Crippen molar-refractivity contribution in [2.45, 2.75) is 38.8 Å². The second kappa shape index (κ2) is 10.2. The topological polar surface area (TPSA) is 119 Å². The predicted octanol–water partition coefficient (Wildman–Crippen LogP) is 4.18. The van der Waals surface area contributed by atoms with Gasteiger partial charge < -0.3 is 20.1 Å². The fraction of sp³-hybridized carbons (Fsp3) is 0.333. The molecule has 0 unspecified atom stereocenters. The van der Waals surface area contributed by atoms with Gasteiger partial charge in [-0.15, -0.1) is 0 Å². The number of methoxy groups -OCH3 is 1. The van der Waals surface area contributed by atoms with E-state index in [0.29, 0.717) is 35.5 Å². The third-order valence-electron chi connectivity index (χ3n) is 4.75. The van der Waals surface area contributed by atoms with Gasteiger partial charge in [0.2, 0.25) is 0 Å². The van der Waals surface area contributed by atoms with Gasteiger partial charge in [-0.05, 0) is 62.6 Å². The highest BCUT2D eigenvalue weighted by atomic mass is 16.6. The number of benzene rings is 1. The van der Waals surface area contributed by atoms with Gasteiger partial charge in [0.05, 0.1) is 18.8 Å². The summed E-state index contributed by atoms with van der Waals surface area (Å²) >= 11 is 0. The van der Waals surface area contributed by atoms with Gasteiger partial charge in [0.15, 0.2) is 0 Å².